The van der Waals surface area contributed by atoms with Crippen molar-refractivity contribution < 1.29 is 9.59 Å². The molecule has 1 atom stereocenters. The van der Waals surface area contributed by atoms with Gasteiger partial charge in [-0.15, -0.1) is 0 Å². The highest BCUT2D eigenvalue weighted by Gasteiger charge is 2.19. The normalized spacial score (nSPS) is 12.2. The van der Waals surface area contributed by atoms with Gasteiger partial charge in [0.25, 0.3) is 0 Å². The molecule has 1 unspecified atom stereocenters. The molecule has 0 saturated carbocycles. The minimum absolute atomic E-state index is 0.0130. The molecule has 16 heavy (non-hydrogen) atoms. The van der Waals surface area contributed by atoms with E-state index in [9.17, 15) is 9.59 Å². The van der Waals surface area contributed by atoms with Crippen molar-refractivity contribution in [3.63, 3.8) is 0 Å². The molecule has 0 amide bonds. The van der Waals surface area contributed by atoms with E-state index in [1.54, 1.807) is 25.1 Å². The molecule has 1 aromatic rings. The molecule has 1 aromatic carbocycles. The molecule has 2 nitrogen and oxygen atoms in total. The van der Waals surface area contributed by atoms with Gasteiger partial charge >= 0.3 is 0 Å². The molecule has 0 radical (unpaired) electrons. The van der Waals surface area contributed by atoms with E-state index >= 15 is 0 Å². The van der Waals surface area contributed by atoms with Crippen LogP contribution < -0.4 is 0 Å². The van der Waals surface area contributed by atoms with Crippen LogP contribution in [0.25, 0.3) is 0 Å². The Labute approximate surface area is 108 Å². The molecule has 0 bridgehead atoms. The Kier molecular flexibility index (Phi) is 4.69. The fourth-order valence-electron chi connectivity index (χ4n) is 1.48. The highest BCUT2D eigenvalue weighted by atomic mass is 79.9. The molecule has 0 fully saturated rings. The second kappa shape index (κ2) is 5.60. The zero-order valence-corrected chi connectivity index (χ0v) is 11.4. The monoisotopic (exact) mass is 302 g/mol. The maximum absolute atomic E-state index is 12.0. The lowest BCUT2D eigenvalue weighted by molar-refractivity contribution is -0.117. The van der Waals surface area contributed by atoms with Crippen molar-refractivity contribution in [2.45, 2.75) is 20.3 Å². The molecule has 0 aromatic heterocycles. The summed E-state index contributed by atoms with van der Waals surface area (Å²) in [6.45, 7) is 3.23. The molecule has 0 heterocycles. The molecule has 0 N–H and O–H groups in total. The van der Waals surface area contributed by atoms with Crippen LogP contribution in [0.3, 0.4) is 0 Å². The van der Waals surface area contributed by atoms with Crippen LogP contribution in [0.2, 0.25) is 5.02 Å². The minimum atomic E-state index is -0.313. The first-order valence-electron chi connectivity index (χ1n) is 4.90. The summed E-state index contributed by atoms with van der Waals surface area (Å²) in [4.78, 5) is 23.0. The first-order valence-corrected chi connectivity index (χ1v) is 6.07. The van der Waals surface area contributed by atoms with Gasteiger partial charge in [0, 0.05) is 27.4 Å². The van der Waals surface area contributed by atoms with Crippen LogP contribution >= 0.6 is 27.5 Å². The molecular formula is C12H12BrClO2. The topological polar surface area (TPSA) is 34.1 Å². The lowest BCUT2D eigenvalue weighted by Crippen LogP contribution is -2.14. The predicted molar refractivity (Wildman–Crippen MR) is 67.9 cm³/mol. The van der Waals surface area contributed by atoms with Crippen molar-refractivity contribution >= 4 is 39.1 Å². The van der Waals surface area contributed by atoms with Crippen molar-refractivity contribution in [1.82, 2.24) is 0 Å². The second-order valence-corrected chi connectivity index (χ2v) is 5.09. The van der Waals surface area contributed by atoms with Gasteiger partial charge < -0.3 is 4.79 Å². The van der Waals surface area contributed by atoms with Crippen LogP contribution in [0.15, 0.2) is 22.7 Å². The van der Waals surface area contributed by atoms with E-state index in [1.165, 1.54) is 6.92 Å². The predicted octanol–water partition coefficient (Wildman–Crippen LogP) is 3.90. The van der Waals surface area contributed by atoms with Crippen molar-refractivity contribution in [3.05, 3.63) is 33.3 Å². The van der Waals surface area contributed by atoms with Gasteiger partial charge in [0.15, 0.2) is 5.78 Å². The summed E-state index contributed by atoms with van der Waals surface area (Å²) >= 11 is 9.13. The second-order valence-electron chi connectivity index (χ2n) is 3.80. The average Bonchev–Trinajstić information content (AvgIpc) is 2.19. The van der Waals surface area contributed by atoms with Crippen LogP contribution in [-0.4, -0.2) is 11.6 Å². The quantitative estimate of drug-likeness (QED) is 0.791. The van der Waals surface area contributed by atoms with E-state index in [4.69, 9.17) is 11.6 Å². The van der Waals surface area contributed by atoms with Gasteiger partial charge in [0.2, 0.25) is 0 Å². The van der Waals surface area contributed by atoms with E-state index in [-0.39, 0.29) is 23.9 Å². The lowest BCUT2D eigenvalue weighted by Gasteiger charge is -2.10. The van der Waals surface area contributed by atoms with Crippen molar-refractivity contribution in [1.29, 1.82) is 0 Å². The van der Waals surface area contributed by atoms with Gasteiger partial charge in [0.05, 0.1) is 0 Å². The van der Waals surface area contributed by atoms with Gasteiger partial charge in [-0.3, -0.25) is 4.79 Å². The Morgan fingerprint density at radius 2 is 2.06 bits per heavy atom. The first-order chi connectivity index (χ1) is 7.41. The van der Waals surface area contributed by atoms with Gasteiger partial charge in [-0.05, 0) is 25.1 Å². The van der Waals surface area contributed by atoms with Crippen LogP contribution in [0, 0.1) is 5.92 Å². The smallest absolute Gasteiger partial charge is 0.167 e. The Morgan fingerprint density at radius 3 is 2.62 bits per heavy atom. The molecule has 1 rings (SSSR count). The highest BCUT2D eigenvalue weighted by molar-refractivity contribution is 9.10. The van der Waals surface area contributed by atoms with E-state index < -0.39 is 0 Å². The highest BCUT2D eigenvalue weighted by Crippen LogP contribution is 2.24. The van der Waals surface area contributed by atoms with Gasteiger partial charge in [-0.1, -0.05) is 34.5 Å². The number of halogens is 2. The summed E-state index contributed by atoms with van der Waals surface area (Å²) in [7, 11) is 0. The third-order valence-electron chi connectivity index (χ3n) is 2.24. The molecule has 4 heteroatoms. The van der Waals surface area contributed by atoms with Gasteiger partial charge in [-0.25, -0.2) is 0 Å². The van der Waals surface area contributed by atoms with E-state index in [1.807, 2.05) is 0 Å². The number of carbonyl (C=O) groups excluding carboxylic acids is 2. The largest absolute Gasteiger partial charge is 0.300 e. The number of rotatable bonds is 4. The molecule has 86 valence electrons. The number of hydrogen-bond acceptors (Lipinski definition) is 2. The van der Waals surface area contributed by atoms with Crippen molar-refractivity contribution in [3.8, 4) is 0 Å². The Balaban J connectivity index is 2.95. The fourth-order valence-corrected chi connectivity index (χ4v) is 2.09. The Bertz CT molecular complexity index is 429. The van der Waals surface area contributed by atoms with Gasteiger partial charge in [-0.2, -0.15) is 0 Å². The van der Waals surface area contributed by atoms with Crippen LogP contribution in [0.5, 0.6) is 0 Å². The standard InChI is InChI=1S/C12H12BrClO2/c1-7(5-8(2)15)12(16)10-6-9(14)3-4-11(10)13/h3-4,6-7H,5H2,1-2H3. The number of carbonyl (C=O) groups is 2. The third kappa shape index (κ3) is 3.42. The van der Waals surface area contributed by atoms with Crippen LogP contribution in [0.4, 0.5) is 0 Å². The number of ketones is 2. The lowest BCUT2D eigenvalue weighted by atomic mass is 9.95. The van der Waals surface area contributed by atoms with Gasteiger partial charge in [0.1, 0.15) is 5.78 Å². The number of benzene rings is 1. The molecule has 0 aliphatic rings. The minimum Gasteiger partial charge on any atom is -0.300 e. The van der Waals surface area contributed by atoms with E-state index in [2.05, 4.69) is 15.9 Å². The Hall–Kier alpha value is -0.670. The zero-order valence-electron chi connectivity index (χ0n) is 9.09. The Morgan fingerprint density at radius 1 is 1.44 bits per heavy atom. The summed E-state index contributed by atoms with van der Waals surface area (Å²) in [5.41, 5.74) is 0.529. The van der Waals surface area contributed by atoms with Crippen molar-refractivity contribution in [2.75, 3.05) is 0 Å². The summed E-state index contributed by atoms with van der Waals surface area (Å²) in [6, 6.07) is 5.05. The first kappa shape index (κ1) is 13.4. The summed E-state index contributed by atoms with van der Waals surface area (Å²) in [6.07, 6.45) is 0.262. The summed E-state index contributed by atoms with van der Waals surface area (Å²) < 4.78 is 0.706. The molecule has 0 saturated heterocycles. The maximum Gasteiger partial charge on any atom is 0.167 e. The SMILES string of the molecule is CC(=O)CC(C)C(=O)c1cc(Cl)ccc1Br. The molecule has 0 aliphatic carbocycles. The van der Waals surface area contributed by atoms with Crippen molar-refractivity contribution in [2.24, 2.45) is 5.92 Å². The maximum atomic E-state index is 12.0. The van der Waals surface area contributed by atoms with E-state index in [0.29, 0.717) is 15.1 Å². The van der Waals surface area contributed by atoms with Crippen LogP contribution in [0.1, 0.15) is 30.6 Å². The molecule has 0 aliphatic heterocycles. The number of hydrogen-bond donors (Lipinski definition) is 0. The summed E-state index contributed by atoms with van der Waals surface area (Å²) in [5.74, 6) is -0.365. The van der Waals surface area contributed by atoms with Crippen LogP contribution in [-0.2, 0) is 4.79 Å². The molecule has 0 spiro atoms. The average molecular weight is 304 g/mol. The molecular weight excluding hydrogens is 291 g/mol. The van der Waals surface area contributed by atoms with E-state index in [0.717, 1.165) is 0 Å². The number of Topliss-reactive ketones (excluding diaryl/α,β-unsaturated/α-hetero) is 2. The summed E-state index contributed by atoms with van der Waals surface area (Å²) in [5, 5.41) is 0.515. The third-order valence-corrected chi connectivity index (χ3v) is 3.16. The zero-order chi connectivity index (χ0) is 12.3. The fraction of sp³-hybridized carbons (Fsp3) is 0.333.